The molecule has 0 aliphatic carbocycles. The lowest BCUT2D eigenvalue weighted by Crippen LogP contribution is -1.97. The molecule has 0 saturated heterocycles. The van der Waals surface area contributed by atoms with Crippen molar-refractivity contribution in [1.82, 2.24) is 0 Å². The lowest BCUT2D eigenvalue weighted by atomic mass is 10.1. The van der Waals surface area contributed by atoms with E-state index in [0.29, 0.717) is 54.1 Å². The molecule has 0 fully saturated rings. The van der Waals surface area contributed by atoms with Crippen molar-refractivity contribution >= 4 is 36.7 Å². The lowest BCUT2D eigenvalue weighted by Gasteiger charge is -2.04. The molecule has 0 bridgehead atoms. The van der Waals surface area contributed by atoms with E-state index >= 15 is 0 Å². The molecule has 0 aliphatic heterocycles. The number of aldehydes is 2. The number of carboxylic acid groups (broad SMARTS) is 2. The largest absolute Gasteiger partial charge is 0.504 e. The first-order valence-corrected chi connectivity index (χ1v) is 16.0. The molecule has 14 nitrogen and oxygen atoms in total. The fourth-order valence-electron chi connectivity index (χ4n) is 4.20. The van der Waals surface area contributed by atoms with Gasteiger partial charge in [-0.15, -0.1) is 0 Å². The van der Waals surface area contributed by atoms with E-state index in [1.807, 2.05) is 6.07 Å². The highest BCUT2D eigenvalue weighted by molar-refractivity contribution is 5.85. The molecule has 0 amide bonds. The van der Waals surface area contributed by atoms with Gasteiger partial charge in [0.05, 0.1) is 28.4 Å². The number of hydrogen-bond donors (Lipinski definition) is 6. The first-order chi connectivity index (χ1) is 25.8. The zero-order chi connectivity index (χ0) is 40.5. The molecule has 54 heavy (non-hydrogen) atoms. The monoisotopic (exact) mass is 748 g/mol. The van der Waals surface area contributed by atoms with Crippen LogP contribution in [0.1, 0.15) is 35.1 Å². The van der Waals surface area contributed by atoms with E-state index < -0.39 is 11.9 Å². The van der Waals surface area contributed by atoms with Crippen LogP contribution in [0.15, 0.2) is 84.9 Å². The molecule has 0 aromatic heterocycles. The van der Waals surface area contributed by atoms with Gasteiger partial charge in [0.25, 0.3) is 0 Å². The number of aliphatic carboxylic acids is 2. The Labute approximate surface area is 312 Å². The molecule has 0 unspecified atom stereocenters. The first-order valence-electron chi connectivity index (χ1n) is 16.0. The van der Waals surface area contributed by atoms with Crippen LogP contribution in [0.4, 0.5) is 0 Å². The first kappa shape index (κ1) is 45.1. The number of carbonyl (C=O) groups is 4. The van der Waals surface area contributed by atoms with Crippen LogP contribution in [0.25, 0.3) is 12.2 Å². The lowest BCUT2D eigenvalue weighted by molar-refractivity contribution is -0.137. The number of phenolic OH excluding ortho intramolecular Hbond substituents is 4. The van der Waals surface area contributed by atoms with E-state index in [4.69, 9.17) is 29.2 Å². The van der Waals surface area contributed by atoms with Gasteiger partial charge in [-0.25, -0.2) is 4.79 Å². The van der Waals surface area contributed by atoms with Gasteiger partial charge in [0.15, 0.2) is 46.0 Å². The number of ether oxygens (including phenoxy) is 4. The molecule has 0 heterocycles. The summed E-state index contributed by atoms with van der Waals surface area (Å²) < 4.78 is 19.4. The van der Waals surface area contributed by atoms with Crippen LogP contribution in [0, 0.1) is 0 Å². The Bertz CT molecular complexity index is 1860. The SMILES string of the molecule is COc1ccc(/C=C/C(=O)O)cc1O.COc1ccc(/C=C/C=O)cc1O.COc1ccc(CCC(=O)O)cc1O.COc1ccc(CCC=O)cc1O. The summed E-state index contributed by atoms with van der Waals surface area (Å²) >= 11 is 0. The van der Waals surface area contributed by atoms with Gasteiger partial charge in [-0.3, -0.25) is 9.59 Å². The van der Waals surface area contributed by atoms with Crippen molar-refractivity contribution in [2.75, 3.05) is 28.4 Å². The van der Waals surface area contributed by atoms with Gasteiger partial charge in [-0.1, -0.05) is 30.3 Å². The molecule has 6 N–H and O–H groups in total. The zero-order valence-electron chi connectivity index (χ0n) is 30.2. The van der Waals surface area contributed by atoms with Gasteiger partial charge in [-0.05, 0) is 95.8 Å². The molecule has 0 atom stereocenters. The third-order valence-electron chi connectivity index (χ3n) is 6.86. The number of carbonyl (C=O) groups excluding carboxylic acids is 2. The van der Waals surface area contributed by atoms with Crippen LogP contribution < -0.4 is 18.9 Å². The van der Waals surface area contributed by atoms with Crippen LogP contribution in [0.3, 0.4) is 0 Å². The summed E-state index contributed by atoms with van der Waals surface area (Å²) in [4.78, 5) is 40.6. The minimum absolute atomic E-state index is 0.0139. The smallest absolute Gasteiger partial charge is 0.328 e. The van der Waals surface area contributed by atoms with Crippen LogP contribution in [0.5, 0.6) is 46.0 Å². The number of carboxylic acids is 2. The molecule has 0 aliphatic rings. The predicted molar refractivity (Wildman–Crippen MR) is 201 cm³/mol. The Balaban J connectivity index is 0.000000360. The van der Waals surface area contributed by atoms with Crippen LogP contribution in [-0.2, 0) is 32.0 Å². The number of methoxy groups -OCH3 is 4. The minimum atomic E-state index is -1.03. The third kappa shape index (κ3) is 17.3. The van der Waals surface area contributed by atoms with Crippen molar-refractivity contribution in [1.29, 1.82) is 0 Å². The molecule has 0 radical (unpaired) electrons. The van der Waals surface area contributed by atoms with E-state index in [1.54, 1.807) is 54.6 Å². The molecule has 288 valence electrons. The van der Waals surface area contributed by atoms with E-state index in [1.165, 1.54) is 58.8 Å². The quantitative estimate of drug-likeness (QED) is 0.0637. The van der Waals surface area contributed by atoms with Crippen LogP contribution in [-0.4, -0.2) is 83.6 Å². The van der Waals surface area contributed by atoms with E-state index in [0.717, 1.165) is 29.1 Å². The van der Waals surface area contributed by atoms with Gasteiger partial charge >= 0.3 is 11.9 Å². The van der Waals surface area contributed by atoms with Gasteiger partial charge in [0.1, 0.15) is 12.6 Å². The number of aryl methyl sites for hydroxylation is 2. The second-order valence-electron chi connectivity index (χ2n) is 10.6. The predicted octanol–water partition coefficient (Wildman–Crippen LogP) is 6.06. The Kier molecular flexibility index (Phi) is 20.9. The van der Waals surface area contributed by atoms with Crippen molar-refractivity contribution in [2.24, 2.45) is 0 Å². The summed E-state index contributed by atoms with van der Waals surface area (Å²) in [7, 11) is 5.89. The maximum atomic E-state index is 10.3. The summed E-state index contributed by atoms with van der Waals surface area (Å²) in [5, 5.41) is 54.3. The number of phenols is 4. The van der Waals surface area contributed by atoms with Gasteiger partial charge in [-0.2, -0.15) is 0 Å². The van der Waals surface area contributed by atoms with Crippen LogP contribution in [0.2, 0.25) is 0 Å². The second-order valence-corrected chi connectivity index (χ2v) is 10.6. The van der Waals surface area contributed by atoms with Gasteiger partial charge in [0.2, 0.25) is 0 Å². The fraction of sp³-hybridized carbons (Fsp3) is 0.200. The number of rotatable bonds is 14. The molecule has 4 rings (SSSR count). The Hall–Kier alpha value is -6.96. The van der Waals surface area contributed by atoms with Crippen molar-refractivity contribution in [3.63, 3.8) is 0 Å². The Morgan fingerprint density at radius 1 is 0.574 bits per heavy atom. The minimum Gasteiger partial charge on any atom is -0.504 e. The highest BCUT2D eigenvalue weighted by Gasteiger charge is 2.05. The highest BCUT2D eigenvalue weighted by atomic mass is 16.5. The van der Waals surface area contributed by atoms with E-state index in [9.17, 15) is 39.6 Å². The maximum Gasteiger partial charge on any atom is 0.328 e. The molecular weight excluding hydrogens is 704 g/mol. The average molecular weight is 749 g/mol. The molecule has 0 spiro atoms. The number of allylic oxidation sites excluding steroid dienone is 1. The topological polar surface area (TPSA) is 227 Å². The zero-order valence-corrected chi connectivity index (χ0v) is 30.2. The highest BCUT2D eigenvalue weighted by Crippen LogP contribution is 2.29. The van der Waals surface area contributed by atoms with Gasteiger partial charge < -0.3 is 54.4 Å². The molecular formula is C40H44O14. The third-order valence-corrected chi connectivity index (χ3v) is 6.86. The van der Waals surface area contributed by atoms with Crippen molar-refractivity contribution in [3.8, 4) is 46.0 Å². The summed E-state index contributed by atoms with van der Waals surface area (Å²) in [6.07, 6.45) is 8.50. The van der Waals surface area contributed by atoms with E-state index in [2.05, 4.69) is 0 Å². The average Bonchev–Trinajstić information content (AvgIpc) is 3.15. The van der Waals surface area contributed by atoms with Crippen LogP contribution >= 0.6 is 0 Å². The maximum absolute atomic E-state index is 10.3. The molecule has 0 saturated carbocycles. The van der Waals surface area contributed by atoms with E-state index in [-0.39, 0.29) is 29.4 Å². The second kappa shape index (κ2) is 25.1. The van der Waals surface area contributed by atoms with Crippen molar-refractivity contribution in [2.45, 2.75) is 25.7 Å². The number of hydrogen-bond acceptors (Lipinski definition) is 12. The number of benzene rings is 4. The molecule has 14 heteroatoms. The standard InChI is InChI=1S/C10H12O4.C10H10O4.C10H12O3.C10H10O3/c2*1-14-9-4-2-7(6-8(9)11)3-5-10(12)13;2*1-13-10-5-4-8(3-2-6-11)7-9(10)12/h2,4,6,11H,3,5H2,1H3,(H,12,13);2-6,11H,1H3,(H,12,13);4-7,12H,2-3H2,1H3;2-7,12H,1H3/b;5-3+;;3-2+. The summed E-state index contributed by atoms with van der Waals surface area (Å²) in [6, 6.07) is 19.6. The Morgan fingerprint density at radius 3 is 1.33 bits per heavy atom. The molecule has 4 aromatic carbocycles. The summed E-state index contributed by atoms with van der Waals surface area (Å²) in [5.74, 6) is -0.0443. The normalized spacial score (nSPS) is 10.0. The number of aromatic hydroxyl groups is 4. The Morgan fingerprint density at radius 2 is 0.981 bits per heavy atom. The van der Waals surface area contributed by atoms with Crippen molar-refractivity contribution < 1.29 is 68.8 Å². The van der Waals surface area contributed by atoms with Gasteiger partial charge in [0, 0.05) is 18.9 Å². The molecule has 4 aromatic rings. The summed E-state index contributed by atoms with van der Waals surface area (Å²) in [5.41, 5.74) is 3.08. The summed E-state index contributed by atoms with van der Waals surface area (Å²) in [6.45, 7) is 0. The van der Waals surface area contributed by atoms with Crippen molar-refractivity contribution in [3.05, 3.63) is 107 Å². The fourth-order valence-corrected chi connectivity index (χ4v) is 4.20.